The second-order valence-electron chi connectivity index (χ2n) is 13.3. The number of benzene rings is 3. The van der Waals surface area contributed by atoms with Gasteiger partial charge < -0.3 is 14.2 Å². The molecule has 0 radical (unpaired) electrons. The molecule has 0 atom stereocenters. The molecule has 0 spiro atoms. The maximum atomic E-state index is 15.3. The van der Waals surface area contributed by atoms with Crippen LogP contribution in [0, 0.1) is 40.8 Å². The maximum Gasteiger partial charge on any atom is 0.314 e. The number of rotatable bonds is 13. The number of carbonyl (C=O) groups excluding carboxylic acids is 1. The van der Waals surface area contributed by atoms with E-state index in [0.717, 1.165) is 25.7 Å². The van der Waals surface area contributed by atoms with Crippen LogP contribution >= 0.6 is 0 Å². The standard InChI is InChI=1S/C39H44F6O4/c1-3-5-21-47-30-18-15-27(33(40)36(30)43)23-7-9-24(10-8-23)29-17-20-32(38(45)35(29)42)49-39(46)26-13-11-25(12-14-26)28-16-19-31(37(44)34(28)41)48-22-6-4-2/h15-20,23-26H,3-14,21-22H2,1-2H3. The van der Waals surface area contributed by atoms with Gasteiger partial charge in [0.05, 0.1) is 19.1 Å². The Hall–Kier alpha value is -3.69. The Labute approximate surface area is 284 Å². The van der Waals surface area contributed by atoms with E-state index in [1.807, 2.05) is 13.8 Å². The Morgan fingerprint density at radius 1 is 0.531 bits per heavy atom. The summed E-state index contributed by atoms with van der Waals surface area (Å²) in [5, 5.41) is 0. The van der Waals surface area contributed by atoms with Gasteiger partial charge in [0, 0.05) is 0 Å². The van der Waals surface area contributed by atoms with Gasteiger partial charge in [-0.25, -0.2) is 13.2 Å². The molecular formula is C39H44F6O4. The first-order valence-corrected chi connectivity index (χ1v) is 17.5. The number of carbonyl (C=O) groups is 1. The second kappa shape index (κ2) is 16.8. The van der Waals surface area contributed by atoms with Crippen molar-refractivity contribution in [3.05, 3.63) is 88.0 Å². The van der Waals surface area contributed by atoms with Crippen LogP contribution in [0.5, 0.6) is 17.2 Å². The molecule has 0 bridgehead atoms. The molecule has 10 heteroatoms. The summed E-state index contributed by atoms with van der Waals surface area (Å²) in [7, 11) is 0. The summed E-state index contributed by atoms with van der Waals surface area (Å²) >= 11 is 0. The van der Waals surface area contributed by atoms with Crippen LogP contribution in [0.25, 0.3) is 0 Å². The monoisotopic (exact) mass is 690 g/mol. The molecule has 3 aromatic rings. The normalized spacial score (nSPS) is 21.0. The van der Waals surface area contributed by atoms with E-state index in [1.165, 1.54) is 30.3 Å². The molecule has 0 N–H and O–H groups in total. The summed E-state index contributed by atoms with van der Waals surface area (Å²) in [6, 6.07) is 8.61. The highest BCUT2D eigenvalue weighted by Gasteiger charge is 2.33. The van der Waals surface area contributed by atoms with E-state index >= 15 is 8.78 Å². The van der Waals surface area contributed by atoms with Gasteiger partial charge in [-0.15, -0.1) is 0 Å². The van der Waals surface area contributed by atoms with Gasteiger partial charge in [0.25, 0.3) is 0 Å². The topological polar surface area (TPSA) is 44.8 Å². The fourth-order valence-electron chi connectivity index (χ4n) is 7.09. The first kappa shape index (κ1) is 36.6. The van der Waals surface area contributed by atoms with E-state index in [1.54, 1.807) is 6.07 Å². The molecule has 0 unspecified atom stereocenters. The van der Waals surface area contributed by atoms with E-state index in [4.69, 9.17) is 14.2 Å². The highest BCUT2D eigenvalue weighted by molar-refractivity contribution is 5.75. The molecule has 2 aliphatic carbocycles. The van der Waals surface area contributed by atoms with Gasteiger partial charge >= 0.3 is 5.97 Å². The molecule has 49 heavy (non-hydrogen) atoms. The minimum Gasteiger partial charge on any atom is -0.490 e. The van der Waals surface area contributed by atoms with Crippen molar-refractivity contribution in [3.8, 4) is 17.2 Å². The van der Waals surface area contributed by atoms with Crippen molar-refractivity contribution in [1.82, 2.24) is 0 Å². The number of ether oxygens (including phenoxy) is 3. The molecule has 266 valence electrons. The molecular weight excluding hydrogens is 646 g/mol. The molecule has 2 saturated carbocycles. The predicted molar refractivity (Wildman–Crippen MR) is 174 cm³/mol. The van der Waals surface area contributed by atoms with Crippen LogP contribution in [-0.4, -0.2) is 19.2 Å². The minimum absolute atomic E-state index is 0.115. The van der Waals surface area contributed by atoms with Gasteiger partial charge in [0.15, 0.2) is 34.7 Å². The van der Waals surface area contributed by atoms with Gasteiger partial charge in [-0.2, -0.15) is 13.2 Å². The lowest BCUT2D eigenvalue weighted by Gasteiger charge is -2.30. The lowest BCUT2D eigenvalue weighted by Crippen LogP contribution is -2.26. The number of hydrogen-bond donors (Lipinski definition) is 0. The summed E-state index contributed by atoms with van der Waals surface area (Å²) in [5.74, 6) is -9.21. The second-order valence-corrected chi connectivity index (χ2v) is 13.3. The van der Waals surface area contributed by atoms with E-state index in [-0.39, 0.29) is 45.9 Å². The molecule has 2 aliphatic rings. The van der Waals surface area contributed by atoms with Gasteiger partial charge in [-0.1, -0.05) is 44.9 Å². The highest BCUT2D eigenvalue weighted by atomic mass is 19.2. The lowest BCUT2D eigenvalue weighted by molar-refractivity contribution is -0.140. The van der Waals surface area contributed by atoms with Crippen LogP contribution in [0.4, 0.5) is 26.3 Å². The van der Waals surface area contributed by atoms with Crippen molar-refractivity contribution in [2.75, 3.05) is 13.2 Å². The van der Waals surface area contributed by atoms with Crippen molar-refractivity contribution >= 4 is 5.97 Å². The quantitative estimate of drug-likeness (QED) is 0.0775. The van der Waals surface area contributed by atoms with Crippen LogP contribution in [0.2, 0.25) is 0 Å². The average molecular weight is 691 g/mol. The van der Waals surface area contributed by atoms with Crippen molar-refractivity contribution in [2.45, 2.75) is 109 Å². The summed E-state index contributed by atoms with van der Waals surface area (Å²) in [6.07, 6.45) is 6.45. The Bertz CT molecular complexity index is 1600. The lowest BCUT2D eigenvalue weighted by atomic mass is 9.76. The Morgan fingerprint density at radius 2 is 0.878 bits per heavy atom. The summed E-state index contributed by atoms with van der Waals surface area (Å²) in [5.41, 5.74) is 0.635. The van der Waals surface area contributed by atoms with Crippen molar-refractivity contribution in [3.63, 3.8) is 0 Å². The molecule has 4 nitrogen and oxygen atoms in total. The van der Waals surface area contributed by atoms with Gasteiger partial charge in [-0.3, -0.25) is 4.79 Å². The molecule has 2 fully saturated rings. The third-order valence-corrected chi connectivity index (χ3v) is 10.1. The van der Waals surface area contributed by atoms with Crippen LogP contribution in [0.1, 0.15) is 125 Å². The smallest absolute Gasteiger partial charge is 0.314 e. The van der Waals surface area contributed by atoms with Crippen molar-refractivity contribution in [2.24, 2.45) is 5.92 Å². The van der Waals surface area contributed by atoms with Crippen LogP contribution in [0.15, 0.2) is 36.4 Å². The largest absolute Gasteiger partial charge is 0.490 e. The van der Waals surface area contributed by atoms with E-state index < -0.39 is 52.5 Å². The maximum absolute atomic E-state index is 15.3. The summed E-state index contributed by atoms with van der Waals surface area (Å²) in [4.78, 5) is 12.9. The molecule has 0 saturated heterocycles. The fourth-order valence-corrected chi connectivity index (χ4v) is 7.09. The summed E-state index contributed by atoms with van der Waals surface area (Å²) < 4.78 is 106. The third-order valence-electron chi connectivity index (χ3n) is 10.1. The Kier molecular flexibility index (Phi) is 12.6. The number of hydrogen-bond acceptors (Lipinski definition) is 4. The number of unbranched alkanes of at least 4 members (excludes halogenated alkanes) is 2. The Balaban J connectivity index is 1.15. The van der Waals surface area contributed by atoms with E-state index in [9.17, 15) is 22.4 Å². The molecule has 0 aromatic heterocycles. The molecule has 3 aromatic carbocycles. The zero-order valence-electron chi connectivity index (χ0n) is 28.1. The molecule has 0 amide bonds. The third kappa shape index (κ3) is 8.38. The molecule has 0 aliphatic heterocycles. The zero-order valence-corrected chi connectivity index (χ0v) is 28.1. The highest BCUT2D eigenvalue weighted by Crippen LogP contribution is 2.44. The van der Waals surface area contributed by atoms with Gasteiger partial charge in [0.2, 0.25) is 17.5 Å². The zero-order chi connectivity index (χ0) is 35.1. The molecule has 0 heterocycles. The van der Waals surface area contributed by atoms with Gasteiger partial charge in [0.1, 0.15) is 0 Å². The fraction of sp³-hybridized carbons (Fsp3) is 0.513. The molecule has 5 rings (SSSR count). The van der Waals surface area contributed by atoms with Crippen LogP contribution in [0.3, 0.4) is 0 Å². The number of halogens is 6. The predicted octanol–water partition coefficient (Wildman–Crippen LogP) is 11.2. The van der Waals surface area contributed by atoms with Crippen LogP contribution in [-0.2, 0) is 4.79 Å². The van der Waals surface area contributed by atoms with Crippen molar-refractivity contribution in [1.29, 1.82) is 0 Å². The first-order chi connectivity index (χ1) is 23.6. The minimum atomic E-state index is -1.26. The SMILES string of the molecule is CCCCOc1ccc(C2CCC(C(=O)Oc3ccc(C4CCC(c5ccc(OCCCC)c(F)c5F)CC4)c(F)c3F)CC2)c(F)c1F. The van der Waals surface area contributed by atoms with Crippen LogP contribution < -0.4 is 14.2 Å². The van der Waals surface area contributed by atoms with Gasteiger partial charge in [-0.05, 0) is 117 Å². The van der Waals surface area contributed by atoms with Crippen molar-refractivity contribution < 1.29 is 45.3 Å². The summed E-state index contributed by atoms with van der Waals surface area (Å²) in [6.45, 7) is 4.54. The number of esters is 1. The average Bonchev–Trinajstić information content (AvgIpc) is 3.11. The Morgan fingerprint density at radius 3 is 1.27 bits per heavy atom. The first-order valence-electron chi connectivity index (χ1n) is 17.5. The van der Waals surface area contributed by atoms with E-state index in [0.29, 0.717) is 64.6 Å². The van der Waals surface area contributed by atoms with E-state index in [2.05, 4.69) is 0 Å².